The number of imidazole rings is 1. The summed E-state index contributed by atoms with van der Waals surface area (Å²) in [5, 5.41) is 11.8. The molecular formula is C34H44N4O6. The van der Waals surface area contributed by atoms with E-state index in [0.717, 1.165) is 31.6 Å². The number of pyridine rings is 1. The van der Waals surface area contributed by atoms with Gasteiger partial charge in [0.05, 0.1) is 43.7 Å². The van der Waals surface area contributed by atoms with Crippen molar-refractivity contribution < 1.29 is 28.9 Å². The number of aliphatic hydroxyl groups excluding tert-OH is 1. The summed E-state index contributed by atoms with van der Waals surface area (Å²) in [7, 11) is 0. The smallest absolute Gasteiger partial charge is 0.295 e. The lowest BCUT2D eigenvalue weighted by Gasteiger charge is -2.29. The zero-order valence-electron chi connectivity index (χ0n) is 26.5. The Bertz CT molecular complexity index is 1540. The molecule has 2 aliphatic heterocycles. The second-order valence-electron chi connectivity index (χ2n) is 11.9. The number of aliphatic hydroxyl groups is 1. The summed E-state index contributed by atoms with van der Waals surface area (Å²) < 4.78 is 19.4. The summed E-state index contributed by atoms with van der Waals surface area (Å²) in [5.74, 6) is 0.00160. The van der Waals surface area contributed by atoms with Gasteiger partial charge in [-0.1, -0.05) is 26.0 Å². The number of carbonyl (C=O) groups excluding carboxylic acids is 2. The molecule has 1 amide bonds. The lowest BCUT2D eigenvalue weighted by molar-refractivity contribution is -0.140. The number of carbonyl (C=O) groups is 2. The number of ketones is 1. The fourth-order valence-electron chi connectivity index (χ4n) is 5.91. The van der Waals surface area contributed by atoms with Crippen molar-refractivity contribution in [3.63, 3.8) is 0 Å². The van der Waals surface area contributed by atoms with E-state index in [1.165, 1.54) is 0 Å². The van der Waals surface area contributed by atoms with Crippen molar-refractivity contribution in [2.75, 3.05) is 52.6 Å². The number of aryl methyl sites for hydroxylation is 2. The molecule has 1 N–H and O–H groups in total. The molecule has 10 nitrogen and oxygen atoms in total. The molecule has 44 heavy (non-hydrogen) atoms. The number of fused-ring (bicyclic) bond motifs is 1. The highest BCUT2D eigenvalue weighted by molar-refractivity contribution is 6.46. The van der Waals surface area contributed by atoms with Crippen LogP contribution in [0.4, 0.5) is 0 Å². The van der Waals surface area contributed by atoms with E-state index < -0.39 is 17.7 Å². The Morgan fingerprint density at radius 2 is 1.86 bits per heavy atom. The van der Waals surface area contributed by atoms with Crippen LogP contribution in [0.25, 0.3) is 11.4 Å². The Balaban J connectivity index is 1.56. The number of Topliss-reactive ketones (excluding diaryl/α,β-unsaturated/α-hetero) is 1. The monoisotopic (exact) mass is 604 g/mol. The van der Waals surface area contributed by atoms with Crippen LogP contribution in [0.2, 0.25) is 0 Å². The predicted molar refractivity (Wildman–Crippen MR) is 168 cm³/mol. The van der Waals surface area contributed by atoms with Crippen LogP contribution in [-0.2, 0) is 14.3 Å². The first kappa shape index (κ1) is 31.5. The van der Waals surface area contributed by atoms with Crippen molar-refractivity contribution in [1.82, 2.24) is 19.2 Å². The molecule has 1 unspecified atom stereocenters. The maximum atomic E-state index is 13.7. The van der Waals surface area contributed by atoms with E-state index in [9.17, 15) is 14.7 Å². The van der Waals surface area contributed by atoms with Crippen LogP contribution in [0.1, 0.15) is 62.2 Å². The van der Waals surface area contributed by atoms with Crippen molar-refractivity contribution in [2.24, 2.45) is 5.92 Å². The maximum absolute atomic E-state index is 13.7. The van der Waals surface area contributed by atoms with Gasteiger partial charge in [0.25, 0.3) is 11.7 Å². The first-order valence-corrected chi connectivity index (χ1v) is 15.6. The lowest BCUT2D eigenvalue weighted by Crippen LogP contribution is -2.39. The molecule has 0 spiro atoms. The van der Waals surface area contributed by atoms with E-state index in [4.69, 9.17) is 19.2 Å². The van der Waals surface area contributed by atoms with Crippen molar-refractivity contribution in [1.29, 1.82) is 0 Å². The third-order valence-corrected chi connectivity index (χ3v) is 8.36. The van der Waals surface area contributed by atoms with E-state index in [1.54, 1.807) is 4.90 Å². The Morgan fingerprint density at radius 3 is 2.57 bits per heavy atom. The van der Waals surface area contributed by atoms with Crippen LogP contribution in [0, 0.1) is 19.8 Å². The SMILES string of the molecule is CCOc1cc(C2/C(=C(\O)c3nc4c(C)cccn4c3C)C(=O)C(=O)N2CCCN2CCOCC2)ccc1OCCC(C)C. The van der Waals surface area contributed by atoms with Gasteiger partial charge in [-0.15, -0.1) is 0 Å². The van der Waals surface area contributed by atoms with E-state index in [2.05, 4.69) is 18.7 Å². The minimum Gasteiger partial charge on any atom is -0.505 e. The Labute approximate surface area is 259 Å². The maximum Gasteiger partial charge on any atom is 0.295 e. The highest BCUT2D eigenvalue weighted by atomic mass is 16.5. The number of morpholine rings is 1. The topological polar surface area (TPSA) is 106 Å². The van der Waals surface area contributed by atoms with Crippen molar-refractivity contribution in [3.8, 4) is 11.5 Å². The van der Waals surface area contributed by atoms with E-state index >= 15 is 0 Å². The van der Waals surface area contributed by atoms with Crippen molar-refractivity contribution in [3.05, 3.63) is 64.6 Å². The molecule has 236 valence electrons. The van der Waals surface area contributed by atoms with Gasteiger partial charge in [-0.2, -0.15) is 0 Å². The second-order valence-corrected chi connectivity index (χ2v) is 11.9. The molecule has 0 saturated carbocycles. The molecule has 1 aromatic carbocycles. The van der Waals surface area contributed by atoms with Gasteiger partial charge in [-0.3, -0.25) is 14.5 Å². The van der Waals surface area contributed by atoms with Gasteiger partial charge in [-0.05, 0) is 68.9 Å². The molecule has 5 rings (SSSR count). The summed E-state index contributed by atoms with van der Waals surface area (Å²) in [5.41, 5.74) is 3.28. The normalized spacial score (nSPS) is 19.0. The highest BCUT2D eigenvalue weighted by Crippen LogP contribution is 2.42. The van der Waals surface area contributed by atoms with Crippen LogP contribution in [0.3, 0.4) is 0 Å². The van der Waals surface area contributed by atoms with Gasteiger partial charge in [0.15, 0.2) is 17.3 Å². The van der Waals surface area contributed by atoms with E-state index in [-0.39, 0.29) is 17.0 Å². The standard InChI is InChI=1S/C34H44N4O6/c1-6-43-27-21-25(10-11-26(27)44-18-12-22(2)3)30-28(31(39)29-24(5)37-14-7-9-23(4)33(37)35-29)32(40)34(41)38(30)15-8-13-36-16-19-42-20-17-36/h7,9-11,14,21-22,30,39H,6,8,12-13,15-20H2,1-5H3/b31-28+. The Hall–Kier alpha value is -3.89. The van der Waals surface area contributed by atoms with Crippen molar-refractivity contribution >= 4 is 23.1 Å². The summed E-state index contributed by atoms with van der Waals surface area (Å²) in [6, 6.07) is 8.55. The molecule has 2 saturated heterocycles. The zero-order valence-corrected chi connectivity index (χ0v) is 26.5. The number of amides is 1. The van der Waals surface area contributed by atoms with Gasteiger partial charge in [0.1, 0.15) is 11.3 Å². The largest absolute Gasteiger partial charge is 0.505 e. The fourth-order valence-corrected chi connectivity index (χ4v) is 5.91. The number of rotatable bonds is 12. The summed E-state index contributed by atoms with van der Waals surface area (Å²) in [6.07, 6.45) is 3.44. The van der Waals surface area contributed by atoms with Gasteiger partial charge >= 0.3 is 0 Å². The van der Waals surface area contributed by atoms with Crippen LogP contribution in [-0.4, -0.2) is 88.6 Å². The first-order valence-electron chi connectivity index (χ1n) is 15.6. The Morgan fingerprint density at radius 1 is 1.09 bits per heavy atom. The molecule has 0 aliphatic carbocycles. The number of ether oxygens (including phenoxy) is 3. The van der Waals surface area contributed by atoms with Crippen LogP contribution in [0.5, 0.6) is 11.5 Å². The van der Waals surface area contributed by atoms with Crippen LogP contribution >= 0.6 is 0 Å². The summed E-state index contributed by atoms with van der Waals surface area (Å²) >= 11 is 0. The highest BCUT2D eigenvalue weighted by Gasteiger charge is 2.46. The molecule has 3 aromatic rings. The molecule has 1 atom stereocenters. The molecule has 2 fully saturated rings. The zero-order chi connectivity index (χ0) is 31.4. The number of benzene rings is 1. The average Bonchev–Trinajstić information content (AvgIpc) is 3.48. The number of hydrogen-bond acceptors (Lipinski definition) is 8. The number of nitrogens with zero attached hydrogens (tertiary/aromatic N) is 4. The van der Waals surface area contributed by atoms with Crippen LogP contribution in [0.15, 0.2) is 42.1 Å². The number of likely N-dealkylation sites (tertiary alicyclic amines) is 1. The van der Waals surface area contributed by atoms with E-state index in [1.807, 2.05) is 61.7 Å². The minimum atomic E-state index is -0.811. The molecule has 2 aromatic heterocycles. The van der Waals surface area contributed by atoms with Gasteiger partial charge in [0.2, 0.25) is 0 Å². The second kappa shape index (κ2) is 13.8. The van der Waals surface area contributed by atoms with Gasteiger partial charge in [-0.25, -0.2) is 4.98 Å². The quantitative estimate of drug-likeness (QED) is 0.177. The van der Waals surface area contributed by atoms with Crippen molar-refractivity contribution in [2.45, 2.75) is 53.5 Å². The first-order chi connectivity index (χ1) is 21.2. The fraction of sp³-hybridized carbons (Fsp3) is 0.500. The lowest BCUT2D eigenvalue weighted by atomic mass is 9.96. The van der Waals surface area contributed by atoms with Crippen LogP contribution < -0.4 is 9.47 Å². The number of aromatic nitrogens is 2. The third kappa shape index (κ3) is 6.46. The molecular weight excluding hydrogens is 560 g/mol. The molecule has 0 bridgehead atoms. The average molecular weight is 605 g/mol. The molecule has 0 radical (unpaired) electrons. The minimum absolute atomic E-state index is 0.0291. The van der Waals surface area contributed by atoms with Gasteiger partial charge < -0.3 is 28.6 Å². The summed E-state index contributed by atoms with van der Waals surface area (Å²) in [6.45, 7) is 15.1. The molecule has 4 heterocycles. The van der Waals surface area contributed by atoms with Gasteiger partial charge in [0, 0.05) is 32.4 Å². The van der Waals surface area contributed by atoms with E-state index in [0.29, 0.717) is 73.7 Å². The third-order valence-electron chi connectivity index (χ3n) is 8.36. The predicted octanol–water partition coefficient (Wildman–Crippen LogP) is 4.92. The number of hydrogen-bond donors (Lipinski definition) is 1. The molecule has 10 heteroatoms. The molecule has 2 aliphatic rings. The Kier molecular flexibility index (Phi) is 9.90. The summed E-state index contributed by atoms with van der Waals surface area (Å²) in [4.78, 5) is 35.9.